The van der Waals surface area contributed by atoms with Gasteiger partial charge in [-0.05, 0) is 64.1 Å². The van der Waals surface area contributed by atoms with Crippen LogP contribution in [0.2, 0.25) is 0 Å². The van der Waals surface area contributed by atoms with Crippen molar-refractivity contribution >= 4 is 5.97 Å². The van der Waals surface area contributed by atoms with Crippen LogP contribution in [0.3, 0.4) is 0 Å². The second kappa shape index (κ2) is 33.2. The number of rotatable bonds is 35. The van der Waals surface area contributed by atoms with Gasteiger partial charge in [0.05, 0.1) is 18.6 Å². The highest BCUT2D eigenvalue weighted by Gasteiger charge is 2.19. The smallest absolute Gasteiger partial charge is 0.308 e. The summed E-state index contributed by atoms with van der Waals surface area (Å²) in [6.45, 7) is 20.8. The molecule has 0 spiro atoms. The first-order valence-electron chi connectivity index (χ1n) is 20.5. The van der Waals surface area contributed by atoms with E-state index in [4.69, 9.17) is 4.74 Å². The van der Waals surface area contributed by atoms with Crippen molar-refractivity contribution in [3.05, 3.63) is 25.1 Å². The number of carbonyl (C=O) groups excluding carboxylic acids is 1. The second-order valence-corrected chi connectivity index (χ2v) is 14.5. The van der Waals surface area contributed by atoms with E-state index in [0.717, 1.165) is 110 Å². The van der Waals surface area contributed by atoms with Crippen LogP contribution in [-0.4, -0.2) is 59.3 Å². The molecule has 0 aliphatic heterocycles. The third kappa shape index (κ3) is 27.2. The molecule has 3 atom stereocenters. The average Bonchev–Trinajstić information content (AvgIpc) is 3.07. The van der Waals surface area contributed by atoms with Crippen LogP contribution in [0.4, 0.5) is 0 Å². The molecule has 1 N–H and O–H groups in total. The predicted molar refractivity (Wildman–Crippen MR) is 206 cm³/mol. The Morgan fingerprint density at radius 3 is 1.83 bits per heavy atom. The summed E-state index contributed by atoms with van der Waals surface area (Å²) in [4.78, 5) is 17.4. The molecule has 0 aliphatic rings. The molecular formula is C42H82N2O3. The van der Waals surface area contributed by atoms with Crippen molar-refractivity contribution in [2.75, 3.05) is 26.2 Å². The largest absolute Gasteiger partial charge is 0.465 e. The number of nitrogens with zero attached hydrogens (tertiary/aromatic N) is 2. The highest BCUT2D eigenvalue weighted by Crippen LogP contribution is 2.19. The van der Waals surface area contributed by atoms with E-state index in [1.165, 1.54) is 57.8 Å². The Hall–Kier alpha value is -1.33. The lowest BCUT2D eigenvalue weighted by Gasteiger charge is -2.29. The molecule has 0 saturated heterocycles. The Bertz CT molecular complexity index is 719. The summed E-state index contributed by atoms with van der Waals surface area (Å²) in [5.41, 5.74) is 0. The Kier molecular flexibility index (Phi) is 32.2. The van der Waals surface area contributed by atoms with Crippen molar-refractivity contribution in [3.63, 3.8) is 0 Å². The minimum Gasteiger partial charge on any atom is -0.465 e. The van der Waals surface area contributed by atoms with Crippen LogP contribution >= 0.6 is 0 Å². The normalized spacial score (nSPS) is 13.8. The molecule has 5 heteroatoms. The number of allylic oxidation sites excluding steroid dienone is 1. The predicted octanol–water partition coefficient (Wildman–Crippen LogP) is 11.8. The van der Waals surface area contributed by atoms with E-state index in [2.05, 4.69) is 70.2 Å². The quantitative estimate of drug-likeness (QED) is 0.0540. The molecule has 278 valence electrons. The molecule has 3 unspecified atom stereocenters. The molecule has 0 rings (SSSR count). The molecular weight excluding hydrogens is 580 g/mol. The molecule has 5 nitrogen and oxygen atoms in total. The average molecular weight is 663 g/mol. The first-order valence-corrected chi connectivity index (χ1v) is 20.5. The SMILES string of the molecule is C=CN(/C=C\C(C)CC)C(C)CCN(CCCCCCOC(=O)C(CCCC)CCCC)CC(O)CCCCCCCCCCCC. The number of ether oxygens (including phenoxy) is 1. The van der Waals surface area contributed by atoms with Gasteiger partial charge in [0.1, 0.15) is 0 Å². The summed E-state index contributed by atoms with van der Waals surface area (Å²) in [5.74, 6) is 0.672. The number of esters is 1. The molecule has 0 aliphatic carbocycles. The first-order chi connectivity index (χ1) is 22.8. The zero-order valence-electron chi connectivity index (χ0n) is 32.5. The molecule has 0 radical (unpaired) electrons. The van der Waals surface area contributed by atoms with Gasteiger partial charge in [0.15, 0.2) is 0 Å². The van der Waals surface area contributed by atoms with Crippen LogP contribution in [0.1, 0.15) is 189 Å². The van der Waals surface area contributed by atoms with Gasteiger partial charge in [0, 0.05) is 25.3 Å². The Morgan fingerprint density at radius 2 is 1.26 bits per heavy atom. The van der Waals surface area contributed by atoms with Crippen molar-refractivity contribution in [1.82, 2.24) is 9.80 Å². The Morgan fingerprint density at radius 1 is 0.702 bits per heavy atom. The van der Waals surface area contributed by atoms with Gasteiger partial charge in [-0.3, -0.25) is 4.79 Å². The molecule has 0 amide bonds. The number of hydrogen-bond acceptors (Lipinski definition) is 5. The van der Waals surface area contributed by atoms with Crippen LogP contribution < -0.4 is 0 Å². The maximum atomic E-state index is 12.6. The van der Waals surface area contributed by atoms with Gasteiger partial charge in [-0.2, -0.15) is 0 Å². The lowest BCUT2D eigenvalue weighted by atomic mass is 9.96. The Labute approximate surface area is 294 Å². The van der Waals surface area contributed by atoms with Gasteiger partial charge in [0.2, 0.25) is 0 Å². The number of aliphatic hydroxyl groups is 1. The number of unbranched alkanes of at least 4 members (excludes halogenated alkanes) is 14. The van der Waals surface area contributed by atoms with Crippen LogP contribution in [0.5, 0.6) is 0 Å². The van der Waals surface area contributed by atoms with Crippen molar-refractivity contribution in [2.45, 2.75) is 201 Å². The number of carbonyl (C=O) groups is 1. The van der Waals surface area contributed by atoms with E-state index in [9.17, 15) is 9.90 Å². The molecule has 0 aromatic carbocycles. The van der Waals surface area contributed by atoms with Gasteiger partial charge >= 0.3 is 5.97 Å². The van der Waals surface area contributed by atoms with Crippen molar-refractivity contribution in [3.8, 4) is 0 Å². The fourth-order valence-electron chi connectivity index (χ4n) is 6.20. The minimum absolute atomic E-state index is 0.0242. The summed E-state index contributed by atoms with van der Waals surface area (Å²) in [6, 6.07) is 0.364. The molecule has 47 heavy (non-hydrogen) atoms. The van der Waals surface area contributed by atoms with Gasteiger partial charge in [-0.1, -0.05) is 156 Å². The Balaban J connectivity index is 4.68. The van der Waals surface area contributed by atoms with Crippen LogP contribution in [0, 0.1) is 11.8 Å². The van der Waals surface area contributed by atoms with E-state index in [0.29, 0.717) is 18.6 Å². The van der Waals surface area contributed by atoms with Crippen molar-refractivity contribution in [2.24, 2.45) is 11.8 Å². The summed E-state index contributed by atoms with van der Waals surface area (Å²) < 4.78 is 5.71. The van der Waals surface area contributed by atoms with Gasteiger partial charge in [-0.15, -0.1) is 0 Å². The number of hydrogen-bond donors (Lipinski definition) is 1. The zero-order valence-corrected chi connectivity index (χ0v) is 32.5. The van der Waals surface area contributed by atoms with Gasteiger partial charge in [-0.25, -0.2) is 0 Å². The number of aliphatic hydroxyl groups excluding tert-OH is 1. The van der Waals surface area contributed by atoms with Crippen molar-refractivity contribution < 1.29 is 14.6 Å². The first kappa shape index (κ1) is 45.7. The monoisotopic (exact) mass is 663 g/mol. The third-order valence-electron chi connectivity index (χ3n) is 9.93. The lowest BCUT2D eigenvalue weighted by Crippen LogP contribution is -2.36. The van der Waals surface area contributed by atoms with Gasteiger partial charge < -0.3 is 19.6 Å². The zero-order chi connectivity index (χ0) is 35.0. The molecule has 0 aromatic heterocycles. The standard InChI is InChI=1S/C42H82N2O3/c1-8-13-16-17-18-19-20-21-22-25-30-41(45)37-43(34-32-39(7)44(12-5)35-31-38(6)11-4)33-26-23-24-27-36-47-42(46)40(28-14-9-2)29-15-10-3/h12,31,35,38-41,45H,5,8-11,13-30,32-34,36-37H2,1-4,6-7H3/b35-31-. The van der Waals surface area contributed by atoms with E-state index in [1.807, 2.05) is 6.20 Å². The van der Waals surface area contributed by atoms with E-state index in [1.54, 1.807) is 0 Å². The van der Waals surface area contributed by atoms with Crippen LogP contribution in [-0.2, 0) is 9.53 Å². The van der Waals surface area contributed by atoms with Crippen LogP contribution in [0.25, 0.3) is 0 Å². The van der Waals surface area contributed by atoms with E-state index < -0.39 is 0 Å². The molecule has 0 aromatic rings. The fourth-order valence-corrected chi connectivity index (χ4v) is 6.20. The summed E-state index contributed by atoms with van der Waals surface area (Å²) in [5, 5.41) is 11.0. The molecule has 0 bridgehead atoms. The van der Waals surface area contributed by atoms with E-state index in [-0.39, 0.29) is 18.0 Å². The maximum absolute atomic E-state index is 12.6. The molecule has 0 heterocycles. The highest BCUT2D eigenvalue weighted by atomic mass is 16.5. The van der Waals surface area contributed by atoms with Crippen molar-refractivity contribution in [1.29, 1.82) is 0 Å². The second-order valence-electron chi connectivity index (χ2n) is 14.5. The summed E-state index contributed by atoms with van der Waals surface area (Å²) in [7, 11) is 0. The molecule has 0 fully saturated rings. The fraction of sp³-hybridized carbons (Fsp3) is 0.881. The summed E-state index contributed by atoms with van der Waals surface area (Å²) in [6.07, 6.45) is 33.2. The van der Waals surface area contributed by atoms with Gasteiger partial charge in [0.25, 0.3) is 0 Å². The minimum atomic E-state index is -0.257. The topological polar surface area (TPSA) is 53.0 Å². The lowest BCUT2D eigenvalue weighted by molar-refractivity contribution is -0.149. The maximum Gasteiger partial charge on any atom is 0.308 e. The summed E-state index contributed by atoms with van der Waals surface area (Å²) >= 11 is 0. The van der Waals surface area contributed by atoms with Crippen LogP contribution in [0.15, 0.2) is 25.1 Å². The third-order valence-corrected chi connectivity index (χ3v) is 9.93. The van der Waals surface area contributed by atoms with E-state index >= 15 is 0 Å². The molecule has 0 saturated carbocycles. The highest BCUT2D eigenvalue weighted by molar-refractivity contribution is 5.72.